The monoisotopic (exact) mass is 578 g/mol. The average molecular weight is 579 g/mol. The first-order valence-electron chi connectivity index (χ1n) is 15.2. The van der Waals surface area contributed by atoms with Crippen LogP contribution in [0.15, 0.2) is 146 Å². The third-order valence-corrected chi connectivity index (χ3v) is 8.87. The van der Waals surface area contributed by atoms with Gasteiger partial charge in [0.15, 0.2) is 17.5 Å². The zero-order valence-corrected chi connectivity index (χ0v) is 25.1. The van der Waals surface area contributed by atoms with Gasteiger partial charge in [0.25, 0.3) is 0 Å². The van der Waals surface area contributed by atoms with Crippen molar-refractivity contribution in [2.45, 2.75) is 19.3 Å². The number of hydrogen-bond donors (Lipinski definition) is 0. The molecule has 0 radical (unpaired) electrons. The lowest BCUT2D eigenvalue weighted by Crippen LogP contribution is -2.14. The Bertz CT molecular complexity index is 2150. The van der Waals surface area contributed by atoms with Crippen molar-refractivity contribution in [2.24, 2.45) is 0 Å². The molecule has 0 N–H and O–H groups in total. The van der Waals surface area contributed by atoms with Crippen LogP contribution in [-0.2, 0) is 5.41 Å². The van der Waals surface area contributed by atoms with Gasteiger partial charge in [0.05, 0.1) is 0 Å². The molecule has 4 heteroatoms. The molecule has 0 saturated carbocycles. The van der Waals surface area contributed by atoms with Crippen LogP contribution >= 0.6 is 0 Å². The van der Waals surface area contributed by atoms with Crippen LogP contribution in [0.3, 0.4) is 0 Å². The summed E-state index contributed by atoms with van der Waals surface area (Å²) in [5.74, 6) is 1.93. The van der Waals surface area contributed by atoms with Crippen molar-refractivity contribution in [3.05, 3.63) is 157 Å². The minimum absolute atomic E-state index is 0.000239. The highest BCUT2D eigenvalue weighted by atomic mass is 15.0. The summed E-state index contributed by atoms with van der Waals surface area (Å²) in [7, 11) is 0. The van der Waals surface area contributed by atoms with Gasteiger partial charge in [-0.1, -0.05) is 135 Å². The second-order valence-corrected chi connectivity index (χ2v) is 12.0. The Kier molecular flexibility index (Phi) is 6.42. The van der Waals surface area contributed by atoms with E-state index in [1.54, 1.807) is 6.20 Å². The van der Waals surface area contributed by atoms with E-state index in [0.29, 0.717) is 17.5 Å². The van der Waals surface area contributed by atoms with Crippen LogP contribution < -0.4 is 0 Å². The lowest BCUT2D eigenvalue weighted by molar-refractivity contribution is 0.660. The molecule has 214 valence electrons. The SMILES string of the molecule is CC1(C)c2ccccc2-c2cc(-c3ccc(-c4nc(-c5ccccc5)nc(-c5ccc(-c6cccnc6)cc5)n4)cc3)ccc21. The van der Waals surface area contributed by atoms with Crippen LogP contribution in [0.1, 0.15) is 25.0 Å². The largest absolute Gasteiger partial charge is 0.264 e. The topological polar surface area (TPSA) is 51.6 Å². The maximum absolute atomic E-state index is 4.96. The van der Waals surface area contributed by atoms with E-state index in [9.17, 15) is 0 Å². The van der Waals surface area contributed by atoms with E-state index < -0.39 is 0 Å². The molecule has 0 spiro atoms. The molecule has 0 atom stereocenters. The molecule has 0 amide bonds. The zero-order chi connectivity index (χ0) is 30.4. The molecule has 8 rings (SSSR count). The summed E-state index contributed by atoms with van der Waals surface area (Å²) in [4.78, 5) is 19.0. The number of hydrogen-bond acceptors (Lipinski definition) is 4. The van der Waals surface area contributed by atoms with Gasteiger partial charge in [-0.15, -0.1) is 0 Å². The van der Waals surface area contributed by atoms with E-state index >= 15 is 0 Å². The highest BCUT2D eigenvalue weighted by Crippen LogP contribution is 2.49. The van der Waals surface area contributed by atoms with Crippen molar-refractivity contribution in [1.82, 2.24) is 19.9 Å². The fraction of sp³-hybridized carbons (Fsp3) is 0.0732. The normalized spacial score (nSPS) is 12.8. The number of pyridine rings is 1. The van der Waals surface area contributed by atoms with E-state index in [4.69, 9.17) is 15.0 Å². The summed E-state index contributed by atoms with van der Waals surface area (Å²) in [6.07, 6.45) is 3.66. The number of benzene rings is 5. The van der Waals surface area contributed by atoms with Crippen molar-refractivity contribution < 1.29 is 0 Å². The van der Waals surface area contributed by atoms with Crippen LogP contribution in [0.2, 0.25) is 0 Å². The van der Waals surface area contributed by atoms with Crippen molar-refractivity contribution >= 4 is 0 Å². The van der Waals surface area contributed by atoms with Gasteiger partial charge in [0, 0.05) is 34.5 Å². The minimum Gasteiger partial charge on any atom is -0.264 e. The Labute approximate surface area is 263 Å². The second kappa shape index (κ2) is 10.8. The first-order chi connectivity index (χ1) is 22.0. The Balaban J connectivity index is 1.16. The first kappa shape index (κ1) is 26.9. The first-order valence-corrected chi connectivity index (χ1v) is 15.2. The molecule has 0 saturated heterocycles. The Morgan fingerprint density at radius 3 is 1.51 bits per heavy atom. The third kappa shape index (κ3) is 4.81. The van der Waals surface area contributed by atoms with Crippen molar-refractivity contribution in [3.63, 3.8) is 0 Å². The van der Waals surface area contributed by atoms with Crippen LogP contribution in [0.5, 0.6) is 0 Å². The molecule has 4 nitrogen and oxygen atoms in total. The van der Waals surface area contributed by atoms with E-state index in [-0.39, 0.29) is 5.41 Å². The minimum atomic E-state index is 0.000239. The van der Waals surface area contributed by atoms with Gasteiger partial charge >= 0.3 is 0 Å². The summed E-state index contributed by atoms with van der Waals surface area (Å²) in [5, 5.41) is 0. The molecule has 1 aliphatic carbocycles. The van der Waals surface area contributed by atoms with Gasteiger partial charge in [-0.25, -0.2) is 15.0 Å². The van der Waals surface area contributed by atoms with Crippen LogP contribution in [0.25, 0.3) is 67.5 Å². The molecule has 0 bridgehead atoms. The van der Waals surface area contributed by atoms with Crippen LogP contribution in [-0.4, -0.2) is 19.9 Å². The average Bonchev–Trinajstić information content (AvgIpc) is 3.34. The summed E-state index contributed by atoms with van der Waals surface area (Å²) in [6, 6.07) is 46.6. The van der Waals surface area contributed by atoms with Crippen molar-refractivity contribution in [2.75, 3.05) is 0 Å². The highest BCUT2D eigenvalue weighted by Gasteiger charge is 2.35. The fourth-order valence-corrected chi connectivity index (χ4v) is 6.41. The summed E-state index contributed by atoms with van der Waals surface area (Å²) in [6.45, 7) is 4.63. The van der Waals surface area contributed by atoms with Gasteiger partial charge in [-0.3, -0.25) is 4.98 Å². The number of rotatable bonds is 5. The van der Waals surface area contributed by atoms with E-state index in [1.807, 2.05) is 42.6 Å². The third-order valence-electron chi connectivity index (χ3n) is 8.87. The summed E-state index contributed by atoms with van der Waals surface area (Å²) < 4.78 is 0. The summed E-state index contributed by atoms with van der Waals surface area (Å²) in [5.41, 5.74) is 12.8. The van der Waals surface area contributed by atoms with Gasteiger partial charge in [-0.05, 0) is 56.6 Å². The maximum atomic E-state index is 4.96. The van der Waals surface area contributed by atoms with Crippen molar-refractivity contribution in [1.29, 1.82) is 0 Å². The lowest BCUT2D eigenvalue weighted by Gasteiger charge is -2.21. The molecule has 0 unspecified atom stereocenters. The quantitative estimate of drug-likeness (QED) is 0.204. The molecular formula is C41H30N4. The Hall–Kier alpha value is -5.74. The molecule has 0 fully saturated rings. The Morgan fingerprint density at radius 1 is 0.400 bits per heavy atom. The highest BCUT2D eigenvalue weighted by molar-refractivity contribution is 5.84. The smallest absolute Gasteiger partial charge is 0.164 e. The predicted octanol–water partition coefficient (Wildman–Crippen LogP) is 9.91. The second-order valence-electron chi connectivity index (χ2n) is 12.0. The molecular weight excluding hydrogens is 548 g/mol. The standard InChI is InChI=1S/C41H30N4/c1-41(2)36-13-7-6-12-34(36)35-25-32(22-23-37(35)41)27-14-18-30(19-15-27)39-43-38(29-9-4-3-5-10-29)44-40(45-39)31-20-16-28(17-21-31)33-11-8-24-42-26-33/h3-26H,1-2H3. The van der Waals surface area contributed by atoms with Gasteiger partial charge in [-0.2, -0.15) is 0 Å². The molecule has 7 aromatic rings. The number of nitrogens with zero attached hydrogens (tertiary/aromatic N) is 4. The maximum Gasteiger partial charge on any atom is 0.164 e. The van der Waals surface area contributed by atoms with Crippen LogP contribution in [0, 0.1) is 0 Å². The summed E-state index contributed by atoms with van der Waals surface area (Å²) >= 11 is 0. The number of fused-ring (bicyclic) bond motifs is 3. The number of aromatic nitrogens is 4. The van der Waals surface area contributed by atoms with E-state index in [2.05, 4.69) is 116 Å². The van der Waals surface area contributed by atoms with Gasteiger partial charge < -0.3 is 0 Å². The van der Waals surface area contributed by atoms with E-state index in [1.165, 1.54) is 27.8 Å². The molecule has 45 heavy (non-hydrogen) atoms. The van der Waals surface area contributed by atoms with Crippen molar-refractivity contribution in [3.8, 4) is 67.5 Å². The van der Waals surface area contributed by atoms with E-state index in [0.717, 1.165) is 33.4 Å². The zero-order valence-electron chi connectivity index (χ0n) is 25.1. The molecule has 5 aromatic carbocycles. The fourth-order valence-electron chi connectivity index (χ4n) is 6.41. The molecule has 1 aliphatic rings. The molecule has 2 heterocycles. The Morgan fingerprint density at radius 2 is 0.889 bits per heavy atom. The molecule has 0 aliphatic heterocycles. The van der Waals surface area contributed by atoms with Gasteiger partial charge in [0.2, 0.25) is 0 Å². The van der Waals surface area contributed by atoms with Gasteiger partial charge in [0.1, 0.15) is 0 Å². The molecule has 2 aromatic heterocycles. The lowest BCUT2D eigenvalue weighted by atomic mass is 9.82. The predicted molar refractivity (Wildman–Crippen MR) is 182 cm³/mol. The van der Waals surface area contributed by atoms with Crippen LogP contribution in [0.4, 0.5) is 0 Å².